The molecule has 0 radical (unpaired) electrons. The number of H-pyrrole nitrogens is 1. The average molecular weight is 213 g/mol. The summed E-state index contributed by atoms with van der Waals surface area (Å²) < 4.78 is 0. The number of fused-ring (bicyclic) bond motifs is 1. The third-order valence-electron chi connectivity index (χ3n) is 3.23. The highest BCUT2D eigenvalue weighted by molar-refractivity contribution is 5.40. The van der Waals surface area contributed by atoms with Gasteiger partial charge in [0.25, 0.3) is 0 Å². The maximum Gasteiger partial charge on any atom is 0.0490 e. The van der Waals surface area contributed by atoms with Gasteiger partial charge in [0.2, 0.25) is 0 Å². The fourth-order valence-electron chi connectivity index (χ4n) is 2.31. The van der Waals surface area contributed by atoms with Crippen molar-refractivity contribution in [1.82, 2.24) is 15.5 Å². The highest BCUT2D eigenvalue weighted by atomic mass is 15.1. The fraction of sp³-hybridized carbons (Fsp3) is 0.308. The first-order chi connectivity index (χ1) is 7.93. The number of hydrogen-bond donors (Lipinski definition) is 2. The number of nitrogens with zero attached hydrogens (tertiary/aromatic N) is 1. The molecule has 1 heterocycles. The molecule has 0 amide bonds. The van der Waals surface area contributed by atoms with Crippen LogP contribution in [0.25, 0.3) is 0 Å². The smallest absolute Gasteiger partial charge is 0.0490 e. The first kappa shape index (κ1) is 9.60. The molecular weight excluding hydrogens is 198 g/mol. The van der Waals surface area contributed by atoms with Gasteiger partial charge in [-0.1, -0.05) is 24.3 Å². The third kappa shape index (κ3) is 1.74. The van der Waals surface area contributed by atoms with Gasteiger partial charge in [-0.05, 0) is 23.6 Å². The molecule has 3 nitrogen and oxygen atoms in total. The zero-order valence-electron chi connectivity index (χ0n) is 9.11. The van der Waals surface area contributed by atoms with E-state index in [4.69, 9.17) is 0 Å². The lowest BCUT2D eigenvalue weighted by Gasteiger charge is -2.30. The topological polar surface area (TPSA) is 40.7 Å². The summed E-state index contributed by atoms with van der Waals surface area (Å²) in [6.07, 6.45) is 3.00. The molecular formula is C13H15N3. The standard InChI is InChI=1S/C13H15N3/c1-2-4-13-10(3-1)7-11(13)8-14-9-12-5-6-15-16-12/h1-6,11,14H,7-9H2,(H,15,16). The SMILES string of the molecule is c1ccc2c(c1)CC2CNCc1ccn[nH]1. The Balaban J connectivity index is 1.52. The number of nitrogens with one attached hydrogen (secondary N) is 2. The molecule has 1 atom stereocenters. The first-order valence-electron chi connectivity index (χ1n) is 5.70. The van der Waals surface area contributed by atoms with Gasteiger partial charge in [-0.15, -0.1) is 0 Å². The molecule has 1 aromatic heterocycles. The van der Waals surface area contributed by atoms with Gasteiger partial charge in [-0.2, -0.15) is 5.10 Å². The van der Waals surface area contributed by atoms with E-state index in [1.165, 1.54) is 17.5 Å². The van der Waals surface area contributed by atoms with Gasteiger partial charge >= 0.3 is 0 Å². The molecule has 0 spiro atoms. The van der Waals surface area contributed by atoms with Crippen LogP contribution < -0.4 is 5.32 Å². The van der Waals surface area contributed by atoms with Crippen LogP contribution in [-0.2, 0) is 13.0 Å². The highest BCUT2D eigenvalue weighted by Crippen LogP contribution is 2.33. The second kappa shape index (κ2) is 4.10. The molecule has 2 N–H and O–H groups in total. The lowest BCUT2D eigenvalue weighted by atomic mass is 9.77. The molecule has 0 saturated carbocycles. The molecule has 1 aliphatic rings. The number of benzene rings is 1. The summed E-state index contributed by atoms with van der Waals surface area (Å²) in [6, 6.07) is 10.7. The molecule has 3 rings (SSSR count). The lowest BCUT2D eigenvalue weighted by molar-refractivity contribution is 0.532. The van der Waals surface area contributed by atoms with E-state index in [-0.39, 0.29) is 0 Å². The number of rotatable bonds is 4. The van der Waals surface area contributed by atoms with Crippen LogP contribution >= 0.6 is 0 Å². The van der Waals surface area contributed by atoms with E-state index < -0.39 is 0 Å². The minimum absolute atomic E-state index is 0.694. The maximum absolute atomic E-state index is 3.93. The van der Waals surface area contributed by atoms with Gasteiger partial charge in [0.1, 0.15) is 0 Å². The molecule has 0 bridgehead atoms. The van der Waals surface area contributed by atoms with Crippen molar-refractivity contribution in [3.05, 3.63) is 53.3 Å². The molecule has 2 aromatic rings. The normalized spacial score (nSPS) is 17.9. The van der Waals surface area contributed by atoms with Gasteiger partial charge in [-0.25, -0.2) is 0 Å². The quantitative estimate of drug-likeness (QED) is 0.813. The molecule has 3 heteroatoms. The summed E-state index contributed by atoms with van der Waals surface area (Å²) in [5.41, 5.74) is 4.17. The largest absolute Gasteiger partial charge is 0.311 e. The monoisotopic (exact) mass is 213 g/mol. The first-order valence-corrected chi connectivity index (χ1v) is 5.70. The summed E-state index contributed by atoms with van der Waals surface area (Å²) >= 11 is 0. The van der Waals surface area contributed by atoms with Crippen LogP contribution in [0.3, 0.4) is 0 Å². The Hall–Kier alpha value is -1.61. The second-order valence-electron chi connectivity index (χ2n) is 4.31. The second-order valence-corrected chi connectivity index (χ2v) is 4.31. The molecule has 0 saturated heterocycles. The van der Waals surface area contributed by atoms with Crippen molar-refractivity contribution < 1.29 is 0 Å². The molecule has 1 aliphatic carbocycles. The predicted molar refractivity (Wildman–Crippen MR) is 63.2 cm³/mol. The molecule has 1 aromatic carbocycles. The van der Waals surface area contributed by atoms with E-state index in [2.05, 4.69) is 39.8 Å². The highest BCUT2D eigenvalue weighted by Gasteiger charge is 2.24. The van der Waals surface area contributed by atoms with E-state index in [0.717, 1.165) is 18.8 Å². The summed E-state index contributed by atoms with van der Waals surface area (Å²) in [7, 11) is 0. The van der Waals surface area contributed by atoms with Crippen molar-refractivity contribution in [3.63, 3.8) is 0 Å². The van der Waals surface area contributed by atoms with Crippen LogP contribution in [0, 0.1) is 0 Å². The summed E-state index contributed by atoms with van der Waals surface area (Å²) in [4.78, 5) is 0. The molecule has 0 fully saturated rings. The van der Waals surface area contributed by atoms with Crippen LogP contribution in [0.5, 0.6) is 0 Å². The molecule has 16 heavy (non-hydrogen) atoms. The minimum Gasteiger partial charge on any atom is -0.311 e. The zero-order chi connectivity index (χ0) is 10.8. The van der Waals surface area contributed by atoms with Gasteiger partial charge in [0, 0.05) is 30.9 Å². The summed E-state index contributed by atoms with van der Waals surface area (Å²) in [5.74, 6) is 0.694. The maximum atomic E-state index is 3.93. The van der Waals surface area contributed by atoms with Gasteiger partial charge in [0.15, 0.2) is 0 Å². The lowest BCUT2D eigenvalue weighted by Crippen LogP contribution is -2.28. The Bertz CT molecular complexity index is 462. The van der Waals surface area contributed by atoms with Gasteiger partial charge < -0.3 is 5.32 Å². The Kier molecular flexibility index (Phi) is 2.46. The van der Waals surface area contributed by atoms with Crippen molar-refractivity contribution in [1.29, 1.82) is 0 Å². The molecule has 82 valence electrons. The van der Waals surface area contributed by atoms with E-state index in [9.17, 15) is 0 Å². The summed E-state index contributed by atoms with van der Waals surface area (Å²) in [5, 5.41) is 10.3. The third-order valence-corrected chi connectivity index (χ3v) is 3.23. The minimum atomic E-state index is 0.694. The Morgan fingerprint density at radius 3 is 3.06 bits per heavy atom. The Morgan fingerprint density at radius 1 is 1.31 bits per heavy atom. The zero-order valence-corrected chi connectivity index (χ0v) is 9.11. The van der Waals surface area contributed by atoms with Crippen LogP contribution in [-0.4, -0.2) is 16.7 Å². The summed E-state index contributed by atoms with van der Waals surface area (Å²) in [6.45, 7) is 1.93. The van der Waals surface area contributed by atoms with Crippen molar-refractivity contribution in [2.75, 3.05) is 6.54 Å². The predicted octanol–water partition coefficient (Wildman–Crippen LogP) is 1.84. The van der Waals surface area contributed by atoms with Gasteiger partial charge in [-0.3, -0.25) is 5.10 Å². The van der Waals surface area contributed by atoms with Crippen molar-refractivity contribution in [2.45, 2.75) is 18.9 Å². The van der Waals surface area contributed by atoms with Crippen molar-refractivity contribution >= 4 is 0 Å². The van der Waals surface area contributed by atoms with E-state index in [1.807, 2.05) is 6.07 Å². The van der Waals surface area contributed by atoms with Crippen molar-refractivity contribution in [3.8, 4) is 0 Å². The van der Waals surface area contributed by atoms with E-state index in [0.29, 0.717) is 5.92 Å². The van der Waals surface area contributed by atoms with Crippen LogP contribution in [0.4, 0.5) is 0 Å². The molecule has 0 aliphatic heterocycles. The average Bonchev–Trinajstić information content (AvgIpc) is 2.77. The van der Waals surface area contributed by atoms with Crippen LogP contribution in [0.1, 0.15) is 22.7 Å². The molecule has 1 unspecified atom stereocenters. The number of hydrogen-bond acceptors (Lipinski definition) is 2. The fourth-order valence-corrected chi connectivity index (χ4v) is 2.31. The van der Waals surface area contributed by atoms with E-state index >= 15 is 0 Å². The van der Waals surface area contributed by atoms with Crippen molar-refractivity contribution in [2.24, 2.45) is 0 Å². The van der Waals surface area contributed by atoms with Crippen LogP contribution in [0.15, 0.2) is 36.5 Å². The Labute approximate surface area is 94.9 Å². The number of aromatic amines is 1. The van der Waals surface area contributed by atoms with Crippen LogP contribution in [0.2, 0.25) is 0 Å². The van der Waals surface area contributed by atoms with E-state index in [1.54, 1.807) is 6.20 Å². The van der Waals surface area contributed by atoms with Gasteiger partial charge in [0.05, 0.1) is 0 Å². The Morgan fingerprint density at radius 2 is 2.25 bits per heavy atom. The number of aromatic nitrogens is 2.